The average molecular weight is 259 g/mol. The number of rotatable bonds is 6. The molecule has 3 heteroatoms. The first kappa shape index (κ1) is 14.1. The summed E-state index contributed by atoms with van der Waals surface area (Å²) in [6.45, 7) is 7.50. The Kier molecular flexibility index (Phi) is 4.59. The van der Waals surface area contributed by atoms with Gasteiger partial charge in [0, 0.05) is 6.54 Å². The fourth-order valence-electron chi connectivity index (χ4n) is 2.55. The van der Waals surface area contributed by atoms with E-state index in [9.17, 15) is 0 Å². The van der Waals surface area contributed by atoms with E-state index in [1.807, 2.05) is 0 Å². The maximum Gasteiger partial charge on any atom is 0.126 e. The molecule has 0 aliphatic heterocycles. The average Bonchev–Trinajstić information content (AvgIpc) is 2.74. The van der Waals surface area contributed by atoms with E-state index in [0.717, 1.165) is 37.1 Å². The van der Waals surface area contributed by atoms with Crippen molar-refractivity contribution in [2.24, 2.45) is 5.73 Å². The first-order valence-corrected chi connectivity index (χ1v) is 7.39. The maximum absolute atomic E-state index is 6.33. The van der Waals surface area contributed by atoms with Crippen molar-refractivity contribution in [2.45, 2.75) is 59.0 Å². The number of aromatic nitrogens is 2. The lowest BCUT2D eigenvalue weighted by Gasteiger charge is -2.13. The molecule has 19 heavy (non-hydrogen) atoms. The molecule has 0 radical (unpaired) electrons. The monoisotopic (exact) mass is 259 g/mol. The molecular weight excluding hydrogens is 234 g/mol. The Hall–Kier alpha value is -1.35. The van der Waals surface area contributed by atoms with Crippen LogP contribution in [0.5, 0.6) is 0 Å². The number of fused-ring (bicyclic) bond motifs is 1. The molecule has 3 nitrogen and oxygen atoms in total. The fourth-order valence-corrected chi connectivity index (χ4v) is 2.55. The zero-order valence-electron chi connectivity index (χ0n) is 12.3. The minimum absolute atomic E-state index is 0.0548. The zero-order valence-corrected chi connectivity index (χ0v) is 12.3. The van der Waals surface area contributed by atoms with Gasteiger partial charge in [0.1, 0.15) is 5.82 Å². The first-order chi connectivity index (χ1) is 9.17. The summed E-state index contributed by atoms with van der Waals surface area (Å²) in [5, 5.41) is 0. The van der Waals surface area contributed by atoms with E-state index in [1.54, 1.807) is 0 Å². The van der Waals surface area contributed by atoms with Crippen LogP contribution < -0.4 is 5.73 Å². The normalized spacial score (nSPS) is 13.1. The van der Waals surface area contributed by atoms with E-state index >= 15 is 0 Å². The molecule has 0 fully saturated rings. The van der Waals surface area contributed by atoms with Crippen molar-refractivity contribution < 1.29 is 0 Å². The van der Waals surface area contributed by atoms with E-state index in [0.29, 0.717) is 0 Å². The Bertz CT molecular complexity index is 542. The lowest BCUT2D eigenvalue weighted by Crippen LogP contribution is -2.16. The molecule has 1 aromatic heterocycles. The largest absolute Gasteiger partial charge is 0.327 e. The van der Waals surface area contributed by atoms with Gasteiger partial charge in [0.25, 0.3) is 0 Å². The third-order valence-corrected chi connectivity index (χ3v) is 3.58. The minimum atomic E-state index is 0.0548. The highest BCUT2D eigenvalue weighted by atomic mass is 15.1. The Labute approximate surface area is 115 Å². The van der Waals surface area contributed by atoms with Gasteiger partial charge in [0.2, 0.25) is 0 Å². The van der Waals surface area contributed by atoms with Crippen molar-refractivity contribution in [1.82, 2.24) is 9.55 Å². The van der Waals surface area contributed by atoms with E-state index in [1.165, 1.54) is 17.5 Å². The topological polar surface area (TPSA) is 43.8 Å². The molecule has 0 saturated heterocycles. The van der Waals surface area contributed by atoms with Gasteiger partial charge in [-0.2, -0.15) is 0 Å². The third-order valence-electron chi connectivity index (χ3n) is 3.58. The van der Waals surface area contributed by atoms with Gasteiger partial charge in [-0.15, -0.1) is 0 Å². The van der Waals surface area contributed by atoms with Crippen LogP contribution in [0.4, 0.5) is 0 Å². The molecule has 0 aliphatic rings. The van der Waals surface area contributed by atoms with E-state index in [2.05, 4.69) is 43.5 Å². The van der Waals surface area contributed by atoms with Crippen LogP contribution in [0.15, 0.2) is 18.2 Å². The number of nitrogens with two attached hydrogens (primary N) is 1. The molecule has 2 rings (SSSR count). The molecule has 1 aromatic carbocycles. The molecule has 0 aliphatic carbocycles. The van der Waals surface area contributed by atoms with E-state index in [4.69, 9.17) is 10.7 Å². The molecule has 1 heterocycles. The second kappa shape index (κ2) is 6.20. The lowest BCUT2D eigenvalue weighted by atomic mass is 10.1. The molecule has 0 saturated carbocycles. The van der Waals surface area contributed by atoms with Gasteiger partial charge in [0.15, 0.2) is 0 Å². The highest BCUT2D eigenvalue weighted by molar-refractivity contribution is 5.77. The Balaban J connectivity index is 2.43. The van der Waals surface area contributed by atoms with Gasteiger partial charge in [-0.05, 0) is 37.5 Å². The number of unbranched alkanes of at least 4 members (excludes halogenated alkanes) is 1. The smallest absolute Gasteiger partial charge is 0.126 e. The van der Waals surface area contributed by atoms with Crippen LogP contribution in [0.1, 0.15) is 57.0 Å². The van der Waals surface area contributed by atoms with Crippen molar-refractivity contribution in [3.8, 4) is 0 Å². The van der Waals surface area contributed by atoms with Crippen LogP contribution in [-0.2, 0) is 6.54 Å². The van der Waals surface area contributed by atoms with Crippen molar-refractivity contribution in [3.63, 3.8) is 0 Å². The summed E-state index contributed by atoms with van der Waals surface area (Å²) in [4.78, 5) is 4.78. The van der Waals surface area contributed by atoms with Crippen molar-refractivity contribution >= 4 is 11.0 Å². The number of aryl methyl sites for hydroxylation is 2. The Morgan fingerprint density at radius 2 is 2.05 bits per heavy atom. The van der Waals surface area contributed by atoms with Crippen molar-refractivity contribution in [1.29, 1.82) is 0 Å². The summed E-state index contributed by atoms with van der Waals surface area (Å²) in [6.07, 6.45) is 4.46. The number of imidazole rings is 1. The molecular formula is C16H25N3. The van der Waals surface area contributed by atoms with Crippen LogP contribution in [0.2, 0.25) is 0 Å². The standard InChI is InChI=1S/C16H25N3/c1-4-6-7-13(17)16-18-14-11-12(3)8-9-15(14)19(16)10-5-2/h8-9,11,13H,4-7,10,17H2,1-3H3. The minimum Gasteiger partial charge on any atom is -0.327 e. The van der Waals surface area contributed by atoms with Gasteiger partial charge >= 0.3 is 0 Å². The van der Waals surface area contributed by atoms with Crippen LogP contribution in [-0.4, -0.2) is 9.55 Å². The van der Waals surface area contributed by atoms with Crippen LogP contribution in [0, 0.1) is 6.92 Å². The van der Waals surface area contributed by atoms with Gasteiger partial charge < -0.3 is 10.3 Å². The predicted octanol–water partition coefficient (Wildman–Crippen LogP) is 3.94. The summed E-state index contributed by atoms with van der Waals surface area (Å²) in [6, 6.07) is 6.53. The van der Waals surface area contributed by atoms with Crippen LogP contribution >= 0.6 is 0 Å². The van der Waals surface area contributed by atoms with Gasteiger partial charge in [0.05, 0.1) is 17.1 Å². The summed E-state index contributed by atoms with van der Waals surface area (Å²) in [5.41, 5.74) is 9.88. The number of hydrogen-bond acceptors (Lipinski definition) is 2. The number of hydrogen-bond donors (Lipinski definition) is 1. The summed E-state index contributed by atoms with van der Waals surface area (Å²) >= 11 is 0. The highest BCUT2D eigenvalue weighted by Crippen LogP contribution is 2.24. The van der Waals surface area contributed by atoms with Gasteiger partial charge in [-0.3, -0.25) is 0 Å². The molecule has 1 atom stereocenters. The second-order valence-electron chi connectivity index (χ2n) is 5.36. The summed E-state index contributed by atoms with van der Waals surface area (Å²) in [7, 11) is 0. The number of nitrogens with zero attached hydrogens (tertiary/aromatic N) is 2. The van der Waals surface area contributed by atoms with Crippen LogP contribution in [0.25, 0.3) is 11.0 Å². The first-order valence-electron chi connectivity index (χ1n) is 7.39. The lowest BCUT2D eigenvalue weighted by molar-refractivity contribution is 0.536. The molecule has 1 unspecified atom stereocenters. The van der Waals surface area contributed by atoms with Gasteiger partial charge in [-0.25, -0.2) is 4.98 Å². The van der Waals surface area contributed by atoms with Crippen LogP contribution in [0.3, 0.4) is 0 Å². The molecule has 2 aromatic rings. The fraction of sp³-hybridized carbons (Fsp3) is 0.562. The van der Waals surface area contributed by atoms with Gasteiger partial charge in [-0.1, -0.05) is 32.8 Å². The third kappa shape index (κ3) is 2.98. The highest BCUT2D eigenvalue weighted by Gasteiger charge is 2.16. The summed E-state index contributed by atoms with van der Waals surface area (Å²) < 4.78 is 2.30. The molecule has 0 amide bonds. The Morgan fingerprint density at radius 1 is 1.26 bits per heavy atom. The quantitative estimate of drug-likeness (QED) is 0.853. The maximum atomic E-state index is 6.33. The summed E-state index contributed by atoms with van der Waals surface area (Å²) in [5.74, 6) is 1.05. The Morgan fingerprint density at radius 3 is 2.74 bits per heavy atom. The molecule has 0 spiro atoms. The SMILES string of the molecule is CCCCC(N)c1nc2cc(C)ccc2n1CCC. The number of benzene rings is 1. The molecule has 0 bridgehead atoms. The van der Waals surface area contributed by atoms with E-state index in [-0.39, 0.29) is 6.04 Å². The van der Waals surface area contributed by atoms with E-state index < -0.39 is 0 Å². The predicted molar refractivity (Wildman–Crippen MR) is 81.2 cm³/mol. The molecule has 2 N–H and O–H groups in total. The van der Waals surface area contributed by atoms with Crippen molar-refractivity contribution in [2.75, 3.05) is 0 Å². The molecule has 104 valence electrons. The zero-order chi connectivity index (χ0) is 13.8. The van der Waals surface area contributed by atoms with Crippen molar-refractivity contribution in [3.05, 3.63) is 29.6 Å². The second-order valence-corrected chi connectivity index (χ2v) is 5.36.